The van der Waals surface area contributed by atoms with Gasteiger partial charge < -0.3 is 19.8 Å². The third kappa shape index (κ3) is 5.38. The van der Waals surface area contributed by atoms with Gasteiger partial charge in [0.2, 0.25) is 5.78 Å². The molecular formula is C20H26ClNO4. The fraction of sp³-hybridized carbons (Fsp3) is 0.350. The van der Waals surface area contributed by atoms with Crippen molar-refractivity contribution < 1.29 is 19.7 Å². The molecule has 0 heterocycles. The molecule has 0 atom stereocenters. The first-order valence-electron chi connectivity index (χ1n) is 8.24. The lowest BCUT2D eigenvalue weighted by Gasteiger charge is -2.15. The molecule has 0 spiro atoms. The minimum absolute atomic E-state index is 0. The summed E-state index contributed by atoms with van der Waals surface area (Å²) in [6.07, 6.45) is 0. The van der Waals surface area contributed by atoms with Gasteiger partial charge in [-0.1, -0.05) is 26.0 Å². The van der Waals surface area contributed by atoms with Crippen LogP contribution in [-0.2, 0) is 6.54 Å². The molecule has 0 saturated heterocycles. The highest BCUT2D eigenvalue weighted by Gasteiger charge is 2.18. The monoisotopic (exact) mass is 379 g/mol. The number of hydrogen-bond donors (Lipinski definition) is 2. The number of Topliss-reactive ketones (excluding diaryl/α,β-unsaturated/α-hetero) is 1. The van der Waals surface area contributed by atoms with Gasteiger partial charge in [0.1, 0.15) is 17.2 Å². The Morgan fingerprint density at radius 3 is 2.23 bits per heavy atom. The summed E-state index contributed by atoms with van der Waals surface area (Å²) in [5.74, 6) is 0.458. The van der Waals surface area contributed by atoms with Crippen LogP contribution in [0.25, 0.3) is 0 Å². The van der Waals surface area contributed by atoms with E-state index in [1.165, 1.54) is 17.7 Å². The predicted molar refractivity (Wildman–Crippen MR) is 105 cm³/mol. The van der Waals surface area contributed by atoms with Crippen molar-refractivity contribution in [3.05, 3.63) is 53.1 Å². The maximum Gasteiger partial charge on any atom is 0.203 e. The third-order valence-electron chi connectivity index (χ3n) is 3.95. The average molecular weight is 380 g/mol. The summed E-state index contributed by atoms with van der Waals surface area (Å²) in [4.78, 5) is 14.2. The van der Waals surface area contributed by atoms with E-state index in [1.54, 1.807) is 4.90 Å². The first kappa shape index (κ1) is 21.8. The molecule has 2 aromatic rings. The Balaban J connectivity index is 0.00000338. The van der Waals surface area contributed by atoms with Crippen molar-refractivity contribution in [1.82, 2.24) is 4.90 Å². The molecule has 2 N–H and O–H groups in total. The lowest BCUT2D eigenvalue weighted by molar-refractivity contribution is 0.0918. The van der Waals surface area contributed by atoms with Crippen molar-refractivity contribution in [3.63, 3.8) is 0 Å². The largest absolute Gasteiger partial charge is 0.507 e. The van der Waals surface area contributed by atoms with E-state index in [4.69, 9.17) is 4.74 Å². The maximum atomic E-state index is 12.4. The SMILES string of the molecule is CC(C)c1ccc(OCC(=O)c2ccc(O)c(CN(C)C)c2O)cc1.Cl. The standard InChI is InChI=1S/C20H25NO4.ClH/c1-13(2)14-5-7-15(8-6-14)25-12-19(23)16-9-10-18(22)17(20(16)24)11-21(3)4;/h5-10,13,22,24H,11-12H2,1-4H3;1H. The number of rotatable bonds is 7. The normalized spacial score (nSPS) is 10.7. The molecule has 0 bridgehead atoms. The molecule has 142 valence electrons. The van der Waals surface area contributed by atoms with E-state index < -0.39 is 0 Å². The summed E-state index contributed by atoms with van der Waals surface area (Å²) in [6.45, 7) is 4.37. The van der Waals surface area contributed by atoms with Gasteiger partial charge in [0.05, 0.1) is 11.1 Å². The van der Waals surface area contributed by atoms with Gasteiger partial charge in [0, 0.05) is 6.54 Å². The van der Waals surface area contributed by atoms with Crippen molar-refractivity contribution in [2.24, 2.45) is 0 Å². The molecule has 0 saturated carbocycles. The molecule has 0 unspecified atom stereocenters. The molecule has 0 radical (unpaired) electrons. The number of halogens is 1. The van der Waals surface area contributed by atoms with Crippen LogP contribution in [0.2, 0.25) is 0 Å². The van der Waals surface area contributed by atoms with Crippen LogP contribution < -0.4 is 4.74 Å². The summed E-state index contributed by atoms with van der Waals surface area (Å²) in [7, 11) is 3.63. The molecule has 0 amide bonds. The number of aromatic hydroxyl groups is 2. The number of phenols is 2. The van der Waals surface area contributed by atoms with Crippen LogP contribution in [0.5, 0.6) is 17.2 Å². The van der Waals surface area contributed by atoms with Gasteiger partial charge in [0.15, 0.2) is 6.61 Å². The number of phenolic OH excluding ortho intramolecular Hbond substituents is 2. The first-order chi connectivity index (χ1) is 11.8. The van der Waals surface area contributed by atoms with Crippen LogP contribution in [-0.4, -0.2) is 41.6 Å². The molecule has 5 nitrogen and oxygen atoms in total. The highest BCUT2D eigenvalue weighted by atomic mass is 35.5. The van der Waals surface area contributed by atoms with E-state index in [2.05, 4.69) is 13.8 Å². The van der Waals surface area contributed by atoms with Crippen LogP contribution in [0.1, 0.15) is 41.3 Å². The van der Waals surface area contributed by atoms with Crippen LogP contribution in [0.3, 0.4) is 0 Å². The van der Waals surface area contributed by atoms with E-state index in [9.17, 15) is 15.0 Å². The molecule has 0 aliphatic carbocycles. The highest BCUT2D eigenvalue weighted by molar-refractivity contribution is 6.00. The Bertz CT molecular complexity index is 742. The molecule has 2 aromatic carbocycles. The van der Waals surface area contributed by atoms with Gasteiger partial charge in [-0.3, -0.25) is 4.79 Å². The van der Waals surface area contributed by atoms with Crippen LogP contribution in [0, 0.1) is 0 Å². The quantitative estimate of drug-likeness (QED) is 0.712. The summed E-state index contributed by atoms with van der Waals surface area (Å²) in [5.41, 5.74) is 1.67. The van der Waals surface area contributed by atoms with E-state index in [0.29, 0.717) is 23.8 Å². The zero-order chi connectivity index (χ0) is 18.6. The topological polar surface area (TPSA) is 70.0 Å². The Morgan fingerprint density at radius 2 is 1.69 bits per heavy atom. The predicted octanol–water partition coefficient (Wildman–Crippen LogP) is 3.97. The fourth-order valence-electron chi connectivity index (χ4n) is 2.50. The van der Waals surface area contributed by atoms with Crippen molar-refractivity contribution in [3.8, 4) is 17.2 Å². The number of carbonyl (C=O) groups excluding carboxylic acids is 1. The second kappa shape index (κ2) is 9.46. The van der Waals surface area contributed by atoms with Crippen molar-refractivity contribution in [1.29, 1.82) is 0 Å². The van der Waals surface area contributed by atoms with Crippen LogP contribution in [0.4, 0.5) is 0 Å². The lowest BCUT2D eigenvalue weighted by atomic mass is 10.0. The fourth-order valence-corrected chi connectivity index (χ4v) is 2.50. The Kier molecular flexibility index (Phi) is 7.93. The number of ether oxygens (including phenoxy) is 1. The van der Waals surface area contributed by atoms with Crippen LogP contribution in [0.15, 0.2) is 36.4 Å². The van der Waals surface area contributed by atoms with Gasteiger partial charge in [-0.05, 0) is 49.8 Å². The average Bonchev–Trinajstić information content (AvgIpc) is 2.56. The van der Waals surface area contributed by atoms with Crippen molar-refractivity contribution in [2.45, 2.75) is 26.3 Å². The van der Waals surface area contributed by atoms with Crippen molar-refractivity contribution in [2.75, 3.05) is 20.7 Å². The molecule has 0 fully saturated rings. The van der Waals surface area contributed by atoms with Gasteiger partial charge in [-0.25, -0.2) is 0 Å². The van der Waals surface area contributed by atoms with Gasteiger partial charge in [-0.2, -0.15) is 0 Å². The number of nitrogens with zero attached hydrogens (tertiary/aromatic N) is 1. The first-order valence-corrected chi connectivity index (χ1v) is 8.24. The molecular weight excluding hydrogens is 354 g/mol. The Hall–Kier alpha value is -2.24. The number of hydrogen-bond acceptors (Lipinski definition) is 5. The number of carbonyl (C=O) groups is 1. The molecule has 0 aliphatic heterocycles. The molecule has 26 heavy (non-hydrogen) atoms. The second-order valence-corrected chi connectivity index (χ2v) is 6.63. The van der Waals surface area contributed by atoms with E-state index in [-0.39, 0.29) is 41.9 Å². The summed E-state index contributed by atoms with van der Waals surface area (Å²) >= 11 is 0. The number of benzene rings is 2. The maximum absolute atomic E-state index is 12.4. The zero-order valence-corrected chi connectivity index (χ0v) is 16.3. The third-order valence-corrected chi connectivity index (χ3v) is 3.95. The van der Waals surface area contributed by atoms with Crippen molar-refractivity contribution >= 4 is 18.2 Å². The highest BCUT2D eigenvalue weighted by Crippen LogP contribution is 2.31. The smallest absolute Gasteiger partial charge is 0.203 e. The lowest BCUT2D eigenvalue weighted by Crippen LogP contribution is -2.15. The molecule has 0 aliphatic rings. The minimum atomic E-state index is -0.342. The summed E-state index contributed by atoms with van der Waals surface area (Å²) in [6, 6.07) is 10.4. The zero-order valence-electron chi connectivity index (χ0n) is 15.5. The molecule has 6 heteroatoms. The van der Waals surface area contributed by atoms with Gasteiger partial charge in [0.25, 0.3) is 0 Å². The Labute approximate surface area is 160 Å². The minimum Gasteiger partial charge on any atom is -0.507 e. The molecule has 0 aromatic heterocycles. The number of ketones is 1. The van der Waals surface area contributed by atoms with E-state index >= 15 is 0 Å². The van der Waals surface area contributed by atoms with E-state index in [1.807, 2.05) is 38.4 Å². The van der Waals surface area contributed by atoms with Gasteiger partial charge >= 0.3 is 0 Å². The second-order valence-electron chi connectivity index (χ2n) is 6.63. The summed E-state index contributed by atoms with van der Waals surface area (Å²) in [5, 5.41) is 20.2. The summed E-state index contributed by atoms with van der Waals surface area (Å²) < 4.78 is 5.53. The van der Waals surface area contributed by atoms with E-state index in [0.717, 1.165) is 0 Å². The van der Waals surface area contributed by atoms with Gasteiger partial charge in [-0.15, -0.1) is 12.4 Å². The molecule has 2 rings (SSSR count). The Morgan fingerprint density at radius 1 is 1.08 bits per heavy atom. The van der Waals surface area contributed by atoms with Crippen LogP contribution >= 0.6 is 12.4 Å².